The fourth-order valence-corrected chi connectivity index (χ4v) is 9.70. The summed E-state index contributed by atoms with van der Waals surface area (Å²) in [5, 5.41) is 12.3. The molecule has 0 aromatic heterocycles. The van der Waals surface area contributed by atoms with E-state index in [2.05, 4.69) is 87.5 Å². The van der Waals surface area contributed by atoms with Gasteiger partial charge in [0.25, 0.3) is 8.32 Å². The highest BCUT2D eigenvalue weighted by molar-refractivity contribution is 6.99. The summed E-state index contributed by atoms with van der Waals surface area (Å²) in [5.41, 5.74) is 2.08. The van der Waals surface area contributed by atoms with Crippen molar-refractivity contribution in [2.45, 2.75) is 51.5 Å². The molecule has 0 bridgehead atoms. The van der Waals surface area contributed by atoms with E-state index in [1.807, 2.05) is 13.0 Å². The monoisotopic (exact) mass is 492 g/mol. The molecule has 0 saturated carbocycles. The molecular formula is C30H40O4Si. The van der Waals surface area contributed by atoms with Crippen molar-refractivity contribution < 1.29 is 19.0 Å². The first-order chi connectivity index (χ1) is 16.8. The van der Waals surface area contributed by atoms with E-state index >= 15 is 0 Å². The second-order valence-corrected chi connectivity index (χ2v) is 14.4. The molecule has 3 rings (SSSR count). The predicted molar refractivity (Wildman–Crippen MR) is 147 cm³/mol. The van der Waals surface area contributed by atoms with E-state index in [4.69, 9.17) is 13.9 Å². The third kappa shape index (κ3) is 5.80. The molecule has 0 aliphatic heterocycles. The van der Waals surface area contributed by atoms with Gasteiger partial charge in [0.05, 0.1) is 14.2 Å². The predicted octanol–water partition coefficient (Wildman–Crippen LogP) is 5.44. The van der Waals surface area contributed by atoms with Crippen molar-refractivity contribution in [2.24, 2.45) is 0 Å². The normalized spacial score (nSPS) is 12.9. The van der Waals surface area contributed by atoms with Crippen LogP contribution < -0.4 is 19.8 Å². The van der Waals surface area contributed by atoms with E-state index in [-0.39, 0.29) is 17.6 Å². The molecule has 1 atom stereocenters. The van der Waals surface area contributed by atoms with Gasteiger partial charge >= 0.3 is 0 Å². The number of aliphatic hydroxyl groups is 1. The Bertz CT molecular complexity index is 1020. The Morgan fingerprint density at radius 2 is 1.34 bits per heavy atom. The summed E-state index contributed by atoms with van der Waals surface area (Å²) in [5.74, 6) is 1.74. The highest BCUT2D eigenvalue weighted by atomic mass is 28.4. The molecule has 0 unspecified atom stereocenters. The molecule has 0 aliphatic rings. The average Bonchev–Trinajstić information content (AvgIpc) is 2.86. The van der Waals surface area contributed by atoms with Crippen LogP contribution in [-0.4, -0.2) is 40.9 Å². The minimum atomic E-state index is -2.61. The standard InChI is InChI=1S/C30H40O4Si/c1-23-21-29(33-6)27(22-28(23)32-5)24(17-19-31)18-20-34-35(30(2,3)4,25-13-9-7-10-14-25)26-15-11-8-12-16-26/h7-16,21-22,24,31H,17-20H2,1-6H3/t24-/m0/s1. The molecule has 35 heavy (non-hydrogen) atoms. The molecule has 3 aromatic carbocycles. The van der Waals surface area contributed by atoms with Crippen LogP contribution in [-0.2, 0) is 4.43 Å². The molecule has 0 amide bonds. The van der Waals surface area contributed by atoms with Crippen LogP contribution in [0.25, 0.3) is 0 Å². The lowest BCUT2D eigenvalue weighted by atomic mass is 9.91. The molecule has 4 nitrogen and oxygen atoms in total. The van der Waals surface area contributed by atoms with Crippen molar-refractivity contribution in [3.8, 4) is 11.5 Å². The van der Waals surface area contributed by atoms with E-state index in [0.29, 0.717) is 13.0 Å². The lowest BCUT2D eigenvalue weighted by Crippen LogP contribution is -2.66. The molecule has 0 aliphatic carbocycles. The van der Waals surface area contributed by atoms with Gasteiger partial charge in [-0.3, -0.25) is 0 Å². The summed E-state index contributed by atoms with van der Waals surface area (Å²) in [6.07, 6.45) is 1.40. The van der Waals surface area contributed by atoms with Crippen LogP contribution in [0.2, 0.25) is 5.04 Å². The minimum absolute atomic E-state index is 0.0764. The second kappa shape index (κ2) is 11.9. The lowest BCUT2D eigenvalue weighted by molar-refractivity contribution is 0.243. The number of aliphatic hydroxyl groups excluding tert-OH is 1. The summed E-state index contributed by atoms with van der Waals surface area (Å²) in [7, 11) is 0.773. The summed E-state index contributed by atoms with van der Waals surface area (Å²) in [4.78, 5) is 0. The summed E-state index contributed by atoms with van der Waals surface area (Å²) >= 11 is 0. The van der Waals surface area contributed by atoms with Gasteiger partial charge < -0.3 is 19.0 Å². The third-order valence-corrected chi connectivity index (χ3v) is 11.9. The zero-order valence-electron chi connectivity index (χ0n) is 22.0. The molecular weight excluding hydrogens is 452 g/mol. The molecule has 0 saturated heterocycles. The van der Waals surface area contributed by atoms with Crippen molar-refractivity contribution in [3.05, 3.63) is 83.9 Å². The highest BCUT2D eigenvalue weighted by Crippen LogP contribution is 2.39. The fourth-order valence-electron chi connectivity index (χ4n) is 5.12. The Balaban J connectivity index is 1.98. The van der Waals surface area contributed by atoms with Gasteiger partial charge in [0.15, 0.2) is 0 Å². The molecule has 5 heteroatoms. The maximum Gasteiger partial charge on any atom is 0.261 e. The zero-order chi connectivity index (χ0) is 25.5. The van der Waals surface area contributed by atoms with Crippen LogP contribution in [0.3, 0.4) is 0 Å². The van der Waals surface area contributed by atoms with Gasteiger partial charge in [-0.25, -0.2) is 0 Å². The summed E-state index contributed by atoms with van der Waals surface area (Å²) < 4.78 is 18.4. The molecule has 3 aromatic rings. The van der Waals surface area contributed by atoms with Crippen LogP contribution in [0.15, 0.2) is 72.8 Å². The molecule has 0 fully saturated rings. The Kier molecular flexibility index (Phi) is 9.17. The van der Waals surface area contributed by atoms with Gasteiger partial charge in [0.2, 0.25) is 0 Å². The molecule has 188 valence electrons. The smallest absolute Gasteiger partial charge is 0.261 e. The topological polar surface area (TPSA) is 47.9 Å². The fraction of sp³-hybridized carbons (Fsp3) is 0.400. The Morgan fingerprint density at radius 3 is 1.80 bits per heavy atom. The van der Waals surface area contributed by atoms with E-state index in [1.54, 1.807) is 14.2 Å². The van der Waals surface area contributed by atoms with Gasteiger partial charge in [0, 0.05) is 18.8 Å². The van der Waals surface area contributed by atoms with E-state index in [9.17, 15) is 5.11 Å². The Hall–Kier alpha value is -2.60. The first-order valence-corrected chi connectivity index (χ1v) is 14.3. The Morgan fingerprint density at radius 1 is 0.800 bits per heavy atom. The van der Waals surface area contributed by atoms with Crippen molar-refractivity contribution in [1.29, 1.82) is 0 Å². The molecule has 1 N–H and O–H groups in total. The first kappa shape index (κ1) is 27.0. The maximum atomic E-state index is 9.88. The van der Waals surface area contributed by atoms with Crippen LogP contribution in [0.5, 0.6) is 11.5 Å². The second-order valence-electron chi connectivity index (χ2n) is 10.1. The van der Waals surface area contributed by atoms with Crippen LogP contribution in [0.4, 0.5) is 0 Å². The molecule has 0 heterocycles. The lowest BCUT2D eigenvalue weighted by Gasteiger charge is -2.43. The number of benzene rings is 3. The van der Waals surface area contributed by atoms with Crippen LogP contribution in [0.1, 0.15) is 50.7 Å². The number of methoxy groups -OCH3 is 2. The zero-order valence-corrected chi connectivity index (χ0v) is 23.0. The van der Waals surface area contributed by atoms with Gasteiger partial charge in [-0.15, -0.1) is 0 Å². The van der Waals surface area contributed by atoms with Crippen LogP contribution >= 0.6 is 0 Å². The third-order valence-electron chi connectivity index (χ3n) is 6.87. The SMILES string of the molecule is COc1cc([C@@H](CCO)CCO[Si](c2ccccc2)(c2ccccc2)C(C)(C)C)c(OC)cc1C. The number of aryl methyl sites for hydroxylation is 1. The van der Waals surface area contributed by atoms with E-state index < -0.39 is 8.32 Å². The largest absolute Gasteiger partial charge is 0.496 e. The number of hydrogen-bond acceptors (Lipinski definition) is 4. The van der Waals surface area contributed by atoms with E-state index in [0.717, 1.165) is 29.0 Å². The van der Waals surface area contributed by atoms with Gasteiger partial charge in [0.1, 0.15) is 11.5 Å². The molecule has 0 radical (unpaired) electrons. The van der Waals surface area contributed by atoms with Gasteiger partial charge in [-0.2, -0.15) is 0 Å². The number of rotatable bonds is 11. The average molecular weight is 493 g/mol. The number of ether oxygens (including phenoxy) is 2. The molecule has 0 spiro atoms. The van der Waals surface area contributed by atoms with Crippen molar-refractivity contribution >= 4 is 18.7 Å². The summed E-state index contributed by atoms with van der Waals surface area (Å²) in [6.45, 7) is 9.56. The maximum absolute atomic E-state index is 9.88. The van der Waals surface area contributed by atoms with Gasteiger partial charge in [-0.1, -0.05) is 81.4 Å². The van der Waals surface area contributed by atoms with E-state index in [1.165, 1.54) is 10.4 Å². The number of hydrogen-bond donors (Lipinski definition) is 1. The van der Waals surface area contributed by atoms with Gasteiger partial charge in [-0.05, 0) is 58.8 Å². The Labute approximate surface area is 212 Å². The van der Waals surface area contributed by atoms with Crippen molar-refractivity contribution in [1.82, 2.24) is 0 Å². The highest BCUT2D eigenvalue weighted by Gasteiger charge is 2.50. The van der Waals surface area contributed by atoms with Crippen molar-refractivity contribution in [3.63, 3.8) is 0 Å². The minimum Gasteiger partial charge on any atom is -0.496 e. The van der Waals surface area contributed by atoms with Crippen molar-refractivity contribution in [2.75, 3.05) is 27.4 Å². The first-order valence-electron chi connectivity index (χ1n) is 12.4. The summed E-state index contributed by atoms with van der Waals surface area (Å²) in [6, 6.07) is 25.5. The quantitative estimate of drug-likeness (QED) is 0.362. The van der Waals surface area contributed by atoms with Crippen LogP contribution in [0, 0.1) is 6.92 Å².